The maximum absolute atomic E-state index is 12.2. The molecule has 0 aromatic carbocycles. The zero-order valence-electron chi connectivity index (χ0n) is 11.6. The minimum absolute atomic E-state index is 0.0796. The lowest BCUT2D eigenvalue weighted by molar-refractivity contribution is 0.0791. The van der Waals surface area contributed by atoms with Crippen LogP contribution in [0.1, 0.15) is 34.2 Å². The summed E-state index contributed by atoms with van der Waals surface area (Å²) in [5, 5.41) is 2.55. The number of carbonyl (C=O) groups excluding carboxylic acids is 1. The Morgan fingerprint density at radius 1 is 1.50 bits per heavy atom. The number of thiazole rings is 1. The zero-order valence-corrected chi connectivity index (χ0v) is 12.4. The maximum atomic E-state index is 12.2. The number of pyridine rings is 1. The topological polar surface area (TPSA) is 72.1 Å². The largest absolute Gasteiger partial charge is 0.340 e. The lowest BCUT2D eigenvalue weighted by Gasteiger charge is -2.15. The van der Waals surface area contributed by atoms with Crippen molar-refractivity contribution in [3.05, 3.63) is 46.2 Å². The van der Waals surface area contributed by atoms with Crippen molar-refractivity contribution in [1.29, 1.82) is 0 Å². The molecule has 2 heterocycles. The van der Waals surface area contributed by atoms with Crippen molar-refractivity contribution in [2.75, 3.05) is 13.6 Å². The first-order valence-electron chi connectivity index (χ1n) is 6.44. The molecule has 1 amide bonds. The molecule has 2 rings (SSSR count). The van der Waals surface area contributed by atoms with Crippen LogP contribution >= 0.6 is 11.3 Å². The van der Waals surface area contributed by atoms with Crippen molar-refractivity contribution < 1.29 is 4.79 Å². The summed E-state index contributed by atoms with van der Waals surface area (Å²) in [5.41, 5.74) is 7.19. The van der Waals surface area contributed by atoms with Gasteiger partial charge in [0.2, 0.25) is 0 Å². The highest BCUT2D eigenvalue weighted by atomic mass is 32.1. The molecule has 0 aliphatic carbocycles. The van der Waals surface area contributed by atoms with Crippen LogP contribution in [0, 0.1) is 0 Å². The van der Waals surface area contributed by atoms with Crippen molar-refractivity contribution in [2.24, 2.45) is 5.73 Å². The number of aromatic nitrogens is 2. The number of hydrogen-bond acceptors (Lipinski definition) is 5. The lowest BCUT2D eigenvalue weighted by Crippen LogP contribution is -2.29. The van der Waals surface area contributed by atoms with Crippen molar-refractivity contribution >= 4 is 17.2 Å². The second-order valence-electron chi connectivity index (χ2n) is 4.66. The Morgan fingerprint density at radius 2 is 2.30 bits per heavy atom. The van der Waals surface area contributed by atoms with Crippen LogP contribution in [0.5, 0.6) is 0 Å². The third kappa shape index (κ3) is 3.61. The summed E-state index contributed by atoms with van der Waals surface area (Å²) in [4.78, 5) is 22.4. The van der Waals surface area contributed by atoms with Gasteiger partial charge >= 0.3 is 0 Å². The average molecular weight is 290 g/mol. The van der Waals surface area contributed by atoms with Gasteiger partial charge in [0, 0.05) is 37.3 Å². The van der Waals surface area contributed by atoms with Gasteiger partial charge in [0.05, 0.1) is 6.04 Å². The van der Waals surface area contributed by atoms with E-state index >= 15 is 0 Å². The van der Waals surface area contributed by atoms with E-state index in [0.717, 1.165) is 17.1 Å². The number of rotatable bonds is 5. The average Bonchev–Trinajstić information content (AvgIpc) is 2.95. The molecule has 5 nitrogen and oxygen atoms in total. The number of hydrogen-bond donors (Lipinski definition) is 1. The minimum Gasteiger partial charge on any atom is -0.340 e. The van der Waals surface area contributed by atoms with Gasteiger partial charge in [-0.2, -0.15) is 0 Å². The molecule has 20 heavy (non-hydrogen) atoms. The normalized spacial score (nSPS) is 12.2. The van der Waals surface area contributed by atoms with E-state index in [9.17, 15) is 4.79 Å². The molecule has 0 radical (unpaired) electrons. The Hall–Kier alpha value is -1.79. The van der Waals surface area contributed by atoms with Crippen molar-refractivity contribution in [1.82, 2.24) is 14.9 Å². The standard InChI is InChI=1S/C14H18N4OS/c1-10(15)13-17-12(9-20-13)14(19)18(2)8-6-11-5-3-4-7-16-11/h3-5,7,9-10H,6,8,15H2,1-2H3. The van der Waals surface area contributed by atoms with Gasteiger partial charge < -0.3 is 10.6 Å². The molecular formula is C14H18N4OS. The molecule has 0 bridgehead atoms. The van der Waals surface area contributed by atoms with E-state index in [1.807, 2.05) is 25.1 Å². The van der Waals surface area contributed by atoms with Crippen LogP contribution < -0.4 is 5.73 Å². The van der Waals surface area contributed by atoms with E-state index in [4.69, 9.17) is 5.73 Å². The van der Waals surface area contributed by atoms with E-state index in [1.165, 1.54) is 11.3 Å². The van der Waals surface area contributed by atoms with Crippen LogP contribution in [0.25, 0.3) is 0 Å². The first kappa shape index (κ1) is 14.6. The summed E-state index contributed by atoms with van der Waals surface area (Å²) in [6.45, 7) is 2.47. The van der Waals surface area contributed by atoms with Crippen LogP contribution in [0.2, 0.25) is 0 Å². The van der Waals surface area contributed by atoms with Crippen LogP contribution in [0.15, 0.2) is 29.8 Å². The predicted molar refractivity (Wildman–Crippen MR) is 79.6 cm³/mol. The summed E-state index contributed by atoms with van der Waals surface area (Å²) in [7, 11) is 1.77. The van der Waals surface area contributed by atoms with Gasteiger partial charge in [-0.15, -0.1) is 11.3 Å². The smallest absolute Gasteiger partial charge is 0.273 e. The first-order valence-corrected chi connectivity index (χ1v) is 7.32. The van der Waals surface area contributed by atoms with Crippen LogP contribution in [0.4, 0.5) is 0 Å². The van der Waals surface area contributed by atoms with Crippen molar-refractivity contribution in [2.45, 2.75) is 19.4 Å². The van der Waals surface area contributed by atoms with Gasteiger partial charge in [-0.1, -0.05) is 6.07 Å². The van der Waals surface area contributed by atoms with E-state index in [2.05, 4.69) is 9.97 Å². The third-order valence-electron chi connectivity index (χ3n) is 2.91. The molecule has 1 atom stereocenters. The van der Waals surface area contributed by atoms with Gasteiger partial charge in [0.15, 0.2) is 0 Å². The molecule has 2 aromatic heterocycles. The molecular weight excluding hydrogens is 272 g/mol. The molecule has 2 N–H and O–H groups in total. The van der Waals surface area contributed by atoms with Crippen LogP contribution in [-0.4, -0.2) is 34.4 Å². The quantitative estimate of drug-likeness (QED) is 0.912. The predicted octanol–water partition coefficient (Wildman–Crippen LogP) is 1.87. The number of amides is 1. The Balaban J connectivity index is 1.94. The molecule has 106 valence electrons. The van der Waals surface area contributed by atoms with Crippen LogP contribution in [0.3, 0.4) is 0 Å². The highest BCUT2D eigenvalue weighted by Crippen LogP contribution is 2.16. The summed E-state index contributed by atoms with van der Waals surface area (Å²) >= 11 is 1.42. The van der Waals surface area contributed by atoms with Gasteiger partial charge in [-0.3, -0.25) is 9.78 Å². The molecule has 0 fully saturated rings. The van der Waals surface area contributed by atoms with Crippen molar-refractivity contribution in [3.8, 4) is 0 Å². The number of nitrogens with zero attached hydrogens (tertiary/aromatic N) is 3. The number of likely N-dealkylation sites (N-methyl/N-ethyl adjacent to an activating group) is 1. The molecule has 0 aliphatic rings. The Morgan fingerprint density at radius 3 is 2.90 bits per heavy atom. The Bertz CT molecular complexity index is 568. The molecule has 2 aromatic rings. The highest BCUT2D eigenvalue weighted by molar-refractivity contribution is 7.09. The molecule has 1 unspecified atom stereocenters. The Labute approximate surface area is 122 Å². The molecule has 6 heteroatoms. The number of carbonyl (C=O) groups is 1. The molecule has 0 aliphatic heterocycles. The van der Waals surface area contributed by atoms with E-state index < -0.39 is 0 Å². The summed E-state index contributed by atoms with van der Waals surface area (Å²) in [5.74, 6) is -0.0796. The molecule has 0 saturated carbocycles. The lowest BCUT2D eigenvalue weighted by atomic mass is 10.2. The second kappa shape index (κ2) is 6.58. The van der Waals surface area contributed by atoms with E-state index in [1.54, 1.807) is 23.5 Å². The van der Waals surface area contributed by atoms with Gasteiger partial charge in [-0.05, 0) is 19.1 Å². The molecule has 0 saturated heterocycles. The first-order chi connectivity index (χ1) is 9.58. The Kier molecular flexibility index (Phi) is 4.81. The second-order valence-corrected chi connectivity index (χ2v) is 5.55. The third-order valence-corrected chi connectivity index (χ3v) is 3.95. The van der Waals surface area contributed by atoms with E-state index in [-0.39, 0.29) is 11.9 Å². The van der Waals surface area contributed by atoms with E-state index in [0.29, 0.717) is 12.2 Å². The maximum Gasteiger partial charge on any atom is 0.273 e. The van der Waals surface area contributed by atoms with Crippen molar-refractivity contribution in [3.63, 3.8) is 0 Å². The summed E-state index contributed by atoms with van der Waals surface area (Å²) in [6.07, 6.45) is 2.49. The summed E-state index contributed by atoms with van der Waals surface area (Å²) < 4.78 is 0. The summed E-state index contributed by atoms with van der Waals surface area (Å²) in [6, 6.07) is 5.64. The van der Waals surface area contributed by atoms with Gasteiger partial charge in [-0.25, -0.2) is 4.98 Å². The number of nitrogens with two attached hydrogens (primary N) is 1. The molecule has 0 spiro atoms. The fourth-order valence-electron chi connectivity index (χ4n) is 1.72. The SMILES string of the molecule is CC(N)c1nc(C(=O)N(C)CCc2ccccn2)cs1. The monoisotopic (exact) mass is 290 g/mol. The highest BCUT2D eigenvalue weighted by Gasteiger charge is 2.16. The fraction of sp³-hybridized carbons (Fsp3) is 0.357. The van der Waals surface area contributed by atoms with Gasteiger partial charge in [0.25, 0.3) is 5.91 Å². The van der Waals surface area contributed by atoms with Crippen LogP contribution in [-0.2, 0) is 6.42 Å². The minimum atomic E-state index is -0.139. The fourth-order valence-corrected chi connectivity index (χ4v) is 2.47. The van der Waals surface area contributed by atoms with Gasteiger partial charge in [0.1, 0.15) is 10.7 Å². The zero-order chi connectivity index (χ0) is 14.5.